The van der Waals surface area contributed by atoms with Crippen LogP contribution in [0, 0.1) is 12.8 Å². The van der Waals surface area contributed by atoms with E-state index in [1.165, 1.54) is 5.56 Å². The molecule has 0 saturated heterocycles. The van der Waals surface area contributed by atoms with Gasteiger partial charge in [-0.1, -0.05) is 52.3 Å². The van der Waals surface area contributed by atoms with Crippen LogP contribution in [0.4, 0.5) is 0 Å². The van der Waals surface area contributed by atoms with Crippen LogP contribution < -0.4 is 10.3 Å². The van der Waals surface area contributed by atoms with Crippen molar-refractivity contribution in [3.8, 4) is 17.0 Å². The monoisotopic (exact) mass is 534 g/mol. The second-order valence-electron chi connectivity index (χ2n) is 11.3. The molecule has 0 bridgehead atoms. The number of fused-ring (bicyclic) bond motifs is 2. The molecular weight excluding hydrogens is 492 g/mol. The molecular formula is C31H42N4O4. The second-order valence-corrected chi connectivity index (χ2v) is 11.3. The van der Waals surface area contributed by atoms with Crippen LogP contribution >= 0.6 is 0 Å². The molecule has 210 valence electrons. The number of aromatic nitrogens is 4. The maximum atomic E-state index is 14.2. The third-order valence-corrected chi connectivity index (χ3v) is 8.48. The molecule has 2 aliphatic rings. The lowest BCUT2D eigenvalue weighted by atomic mass is 9.90. The van der Waals surface area contributed by atoms with Crippen molar-refractivity contribution < 1.29 is 14.3 Å². The average molecular weight is 535 g/mol. The van der Waals surface area contributed by atoms with E-state index < -0.39 is 5.97 Å². The van der Waals surface area contributed by atoms with Gasteiger partial charge < -0.3 is 9.47 Å². The molecule has 4 heterocycles. The highest BCUT2D eigenvalue weighted by molar-refractivity contribution is 5.94. The van der Waals surface area contributed by atoms with Crippen molar-refractivity contribution in [3.05, 3.63) is 56.1 Å². The second kappa shape index (κ2) is 11.2. The number of rotatable bonds is 7. The van der Waals surface area contributed by atoms with Crippen LogP contribution in [0.2, 0.25) is 0 Å². The molecule has 1 aromatic carbocycles. The summed E-state index contributed by atoms with van der Waals surface area (Å²) in [4.78, 5) is 28.2. The predicted molar refractivity (Wildman–Crippen MR) is 152 cm³/mol. The Kier molecular flexibility index (Phi) is 7.85. The average Bonchev–Trinajstić information content (AvgIpc) is 3.30. The Morgan fingerprint density at radius 1 is 1.00 bits per heavy atom. The maximum Gasteiger partial charge on any atom is 0.348 e. The van der Waals surface area contributed by atoms with E-state index in [9.17, 15) is 9.59 Å². The third-order valence-electron chi connectivity index (χ3n) is 8.48. The summed E-state index contributed by atoms with van der Waals surface area (Å²) >= 11 is 0. The highest BCUT2D eigenvalue weighted by Crippen LogP contribution is 2.37. The zero-order chi connectivity index (χ0) is 27.8. The summed E-state index contributed by atoms with van der Waals surface area (Å²) < 4.78 is 17.6. The predicted octanol–water partition coefficient (Wildman–Crippen LogP) is 5.29. The highest BCUT2D eigenvalue weighted by atomic mass is 16.5. The fourth-order valence-electron chi connectivity index (χ4n) is 6.06. The molecule has 0 fully saturated rings. The molecule has 0 N–H and O–H groups in total. The van der Waals surface area contributed by atoms with Crippen molar-refractivity contribution in [2.75, 3.05) is 13.2 Å². The zero-order valence-corrected chi connectivity index (χ0v) is 24.3. The topological polar surface area (TPSA) is 80.3 Å². The van der Waals surface area contributed by atoms with Crippen molar-refractivity contribution in [2.45, 2.75) is 99.2 Å². The van der Waals surface area contributed by atoms with Gasteiger partial charge in [-0.05, 0) is 61.6 Å². The summed E-state index contributed by atoms with van der Waals surface area (Å²) in [6, 6.07) is 4.29. The number of carbonyl (C=O) groups is 1. The summed E-state index contributed by atoms with van der Waals surface area (Å²) in [5.41, 5.74) is 6.94. The van der Waals surface area contributed by atoms with Gasteiger partial charge in [0.15, 0.2) is 0 Å². The van der Waals surface area contributed by atoms with E-state index in [-0.39, 0.29) is 11.5 Å². The summed E-state index contributed by atoms with van der Waals surface area (Å²) in [6.07, 6.45) is 4.43. The Balaban J connectivity index is 1.71. The summed E-state index contributed by atoms with van der Waals surface area (Å²) in [6.45, 7) is 15.3. The van der Waals surface area contributed by atoms with E-state index >= 15 is 0 Å². The fourth-order valence-corrected chi connectivity index (χ4v) is 6.06. The van der Waals surface area contributed by atoms with E-state index in [4.69, 9.17) is 14.6 Å². The van der Waals surface area contributed by atoms with Gasteiger partial charge in [-0.3, -0.25) is 9.48 Å². The minimum absolute atomic E-state index is 0.0999. The molecule has 1 atom stereocenters. The van der Waals surface area contributed by atoms with Crippen molar-refractivity contribution in [1.29, 1.82) is 0 Å². The molecule has 0 spiro atoms. The van der Waals surface area contributed by atoms with Crippen LogP contribution in [0.15, 0.2) is 16.9 Å². The van der Waals surface area contributed by atoms with Gasteiger partial charge in [0.1, 0.15) is 11.1 Å². The van der Waals surface area contributed by atoms with Crippen LogP contribution in [-0.2, 0) is 43.6 Å². The van der Waals surface area contributed by atoms with Crippen LogP contribution in [0.25, 0.3) is 11.1 Å². The molecule has 0 aliphatic carbocycles. The van der Waals surface area contributed by atoms with Gasteiger partial charge in [0, 0.05) is 12.5 Å². The number of ether oxygens (including phenoxy) is 2. The number of aryl methyl sites for hydroxylation is 4. The number of nitrogens with zero attached hydrogens (tertiary/aromatic N) is 4. The van der Waals surface area contributed by atoms with Crippen LogP contribution in [0.1, 0.15) is 91.8 Å². The van der Waals surface area contributed by atoms with Crippen LogP contribution in [0.3, 0.4) is 0 Å². The summed E-state index contributed by atoms with van der Waals surface area (Å²) in [7, 11) is 0. The molecule has 3 aromatic rings. The lowest BCUT2D eigenvalue weighted by molar-refractivity contribution is 0.0710. The standard InChI is InChI=1S/C31H42N4O4/c1-7-22-17-20(5)18-23(8-2)25(22)27-29(36)34-13-15-38-16-14-35(34)30(27)39-31(37)26-24-11-9-10-12-33(24)32-28(26)21(6)19(3)4/h17-19,21H,7-16H2,1-6H3. The molecule has 8 nitrogen and oxygen atoms in total. The SMILES string of the molecule is CCc1cc(C)cc(CC)c1-c1c(OC(=O)c2c(C(C)C(C)C)nn3c2CCCC3)n2n(c1=O)CCOCC2. The molecule has 0 radical (unpaired) electrons. The molecule has 2 aliphatic heterocycles. The molecule has 5 rings (SSSR count). The van der Waals surface area contributed by atoms with E-state index in [2.05, 4.69) is 53.7 Å². The van der Waals surface area contributed by atoms with Gasteiger partial charge in [0.25, 0.3) is 5.56 Å². The van der Waals surface area contributed by atoms with Crippen molar-refractivity contribution in [1.82, 2.24) is 19.1 Å². The lowest BCUT2D eigenvalue weighted by Gasteiger charge is -2.18. The van der Waals surface area contributed by atoms with Gasteiger partial charge in [-0.25, -0.2) is 14.2 Å². The fraction of sp³-hybridized carbons (Fsp3) is 0.581. The number of esters is 1. The Labute approximate surface area is 230 Å². The van der Waals surface area contributed by atoms with Gasteiger partial charge in [0.05, 0.1) is 37.7 Å². The highest BCUT2D eigenvalue weighted by Gasteiger charge is 2.34. The Hall–Kier alpha value is -3.13. The van der Waals surface area contributed by atoms with Crippen molar-refractivity contribution >= 4 is 5.97 Å². The number of benzene rings is 1. The van der Waals surface area contributed by atoms with Gasteiger partial charge in [-0.2, -0.15) is 5.10 Å². The first-order valence-corrected chi connectivity index (χ1v) is 14.6. The molecule has 0 saturated carbocycles. The van der Waals surface area contributed by atoms with E-state index in [1.54, 1.807) is 4.68 Å². The van der Waals surface area contributed by atoms with Crippen molar-refractivity contribution in [2.24, 2.45) is 5.92 Å². The molecule has 1 unspecified atom stereocenters. The first kappa shape index (κ1) is 27.4. The zero-order valence-electron chi connectivity index (χ0n) is 24.3. The minimum atomic E-state index is -0.420. The largest absolute Gasteiger partial charge is 0.403 e. The summed E-state index contributed by atoms with van der Waals surface area (Å²) in [5.74, 6) is 0.322. The van der Waals surface area contributed by atoms with Gasteiger partial charge in [0.2, 0.25) is 5.88 Å². The first-order chi connectivity index (χ1) is 18.8. The molecule has 39 heavy (non-hydrogen) atoms. The molecule has 2 aromatic heterocycles. The maximum absolute atomic E-state index is 14.2. The molecule has 8 heteroatoms. The number of hydrogen-bond acceptors (Lipinski definition) is 5. The first-order valence-electron chi connectivity index (χ1n) is 14.6. The normalized spacial score (nSPS) is 16.1. The Morgan fingerprint density at radius 2 is 1.67 bits per heavy atom. The Morgan fingerprint density at radius 3 is 2.31 bits per heavy atom. The van der Waals surface area contributed by atoms with Gasteiger partial charge >= 0.3 is 5.97 Å². The van der Waals surface area contributed by atoms with E-state index in [0.717, 1.165) is 66.7 Å². The third kappa shape index (κ3) is 4.88. The number of hydrogen-bond donors (Lipinski definition) is 0. The quantitative estimate of drug-likeness (QED) is 0.385. The van der Waals surface area contributed by atoms with Crippen LogP contribution in [0.5, 0.6) is 5.88 Å². The van der Waals surface area contributed by atoms with E-state index in [1.807, 2.05) is 9.36 Å². The lowest BCUT2D eigenvalue weighted by Crippen LogP contribution is -2.24. The smallest absolute Gasteiger partial charge is 0.348 e. The minimum Gasteiger partial charge on any atom is -0.403 e. The van der Waals surface area contributed by atoms with Crippen LogP contribution in [-0.4, -0.2) is 38.3 Å². The van der Waals surface area contributed by atoms with E-state index in [0.29, 0.717) is 49.2 Å². The van der Waals surface area contributed by atoms with Crippen molar-refractivity contribution in [3.63, 3.8) is 0 Å². The Bertz CT molecular complexity index is 1420. The molecule has 0 amide bonds. The summed E-state index contributed by atoms with van der Waals surface area (Å²) in [5, 5.41) is 4.91. The van der Waals surface area contributed by atoms with Gasteiger partial charge in [-0.15, -0.1) is 0 Å². The number of carbonyl (C=O) groups excluding carboxylic acids is 1.